The number of rotatable bonds is 2. The van der Waals surface area contributed by atoms with E-state index in [1.54, 1.807) is 0 Å². The third kappa shape index (κ3) is 2.06. The zero-order valence-corrected chi connectivity index (χ0v) is 14.8. The second-order valence-electron chi connectivity index (χ2n) is 8.78. The molecular formula is C21H32O2. The molecule has 2 nitrogen and oxygen atoms in total. The zero-order chi connectivity index (χ0) is 16.2. The van der Waals surface area contributed by atoms with Crippen molar-refractivity contribution in [3.05, 3.63) is 11.6 Å². The van der Waals surface area contributed by atoms with Crippen LogP contribution < -0.4 is 0 Å². The van der Waals surface area contributed by atoms with E-state index in [-0.39, 0.29) is 5.41 Å². The highest BCUT2D eigenvalue weighted by Gasteiger charge is 2.62. The standard InChI is InChI=1S/C21H32O2/c1-3-20-11-9-17-16-8-6-15(22)13-14(16)5-7-18(17)19(20)10-12-21(20,23)4-2/h13,16-19,23H,3-12H2,1-2H3/t16-,17+,18+,19-,20-,21+/m0/s1. The van der Waals surface area contributed by atoms with Gasteiger partial charge in [0.05, 0.1) is 5.60 Å². The lowest BCUT2D eigenvalue weighted by atomic mass is 9.49. The van der Waals surface area contributed by atoms with E-state index in [9.17, 15) is 9.90 Å². The van der Waals surface area contributed by atoms with Crippen LogP contribution in [0.2, 0.25) is 0 Å². The normalized spacial score (nSPS) is 49.2. The number of ketones is 1. The molecule has 23 heavy (non-hydrogen) atoms. The van der Waals surface area contributed by atoms with Crippen molar-refractivity contribution in [2.24, 2.45) is 29.1 Å². The molecule has 0 saturated heterocycles. The van der Waals surface area contributed by atoms with E-state index in [0.29, 0.717) is 11.7 Å². The van der Waals surface area contributed by atoms with E-state index < -0.39 is 5.60 Å². The molecule has 3 saturated carbocycles. The van der Waals surface area contributed by atoms with Crippen LogP contribution in [0, 0.1) is 29.1 Å². The first-order chi connectivity index (χ1) is 11.0. The molecule has 0 aromatic carbocycles. The molecule has 4 aliphatic rings. The molecule has 4 rings (SSSR count). The molecular weight excluding hydrogens is 284 g/mol. The van der Waals surface area contributed by atoms with Gasteiger partial charge in [-0.25, -0.2) is 0 Å². The van der Waals surface area contributed by atoms with E-state index in [1.165, 1.54) is 31.3 Å². The number of hydrogen-bond donors (Lipinski definition) is 1. The van der Waals surface area contributed by atoms with Gasteiger partial charge in [-0.2, -0.15) is 0 Å². The first kappa shape index (κ1) is 15.9. The molecule has 0 unspecified atom stereocenters. The van der Waals surface area contributed by atoms with Crippen molar-refractivity contribution in [3.8, 4) is 0 Å². The lowest BCUT2D eigenvalue weighted by Crippen LogP contribution is -2.53. The maximum absolute atomic E-state index is 11.8. The number of fused-ring (bicyclic) bond motifs is 5. The summed E-state index contributed by atoms with van der Waals surface area (Å²) in [4.78, 5) is 11.8. The molecule has 6 atom stereocenters. The zero-order valence-electron chi connectivity index (χ0n) is 14.8. The van der Waals surface area contributed by atoms with Crippen LogP contribution >= 0.6 is 0 Å². The van der Waals surface area contributed by atoms with Crippen LogP contribution in [0.25, 0.3) is 0 Å². The van der Waals surface area contributed by atoms with Gasteiger partial charge in [-0.3, -0.25) is 4.79 Å². The number of allylic oxidation sites excluding steroid dienone is 1. The Labute approximate surface area is 140 Å². The second kappa shape index (κ2) is 5.44. The van der Waals surface area contributed by atoms with Crippen molar-refractivity contribution in [3.63, 3.8) is 0 Å². The Morgan fingerprint density at radius 2 is 1.87 bits per heavy atom. The summed E-state index contributed by atoms with van der Waals surface area (Å²) >= 11 is 0. The van der Waals surface area contributed by atoms with Gasteiger partial charge in [0, 0.05) is 11.8 Å². The van der Waals surface area contributed by atoms with E-state index in [2.05, 4.69) is 13.8 Å². The third-order valence-corrected chi connectivity index (χ3v) is 8.52. The Morgan fingerprint density at radius 3 is 2.61 bits per heavy atom. The monoisotopic (exact) mass is 316 g/mol. The smallest absolute Gasteiger partial charge is 0.155 e. The summed E-state index contributed by atoms with van der Waals surface area (Å²) in [6.45, 7) is 4.49. The molecule has 128 valence electrons. The van der Waals surface area contributed by atoms with Crippen LogP contribution in [0.5, 0.6) is 0 Å². The molecule has 0 aliphatic heterocycles. The van der Waals surface area contributed by atoms with Crippen molar-refractivity contribution in [2.75, 3.05) is 0 Å². The SMILES string of the molecule is CC[C@@]1(O)CC[C@H]2[C@@H]3CCC4=CC(=O)CC[C@@H]4[C@H]3CC[C@@]21CC. The van der Waals surface area contributed by atoms with E-state index in [4.69, 9.17) is 0 Å². The van der Waals surface area contributed by atoms with E-state index in [1.807, 2.05) is 6.08 Å². The maximum atomic E-state index is 11.8. The fraction of sp³-hybridized carbons (Fsp3) is 0.857. The van der Waals surface area contributed by atoms with Crippen molar-refractivity contribution in [2.45, 2.75) is 83.7 Å². The predicted octanol–water partition coefficient (Wildman–Crippen LogP) is 4.66. The Kier molecular flexibility index (Phi) is 3.75. The third-order valence-electron chi connectivity index (χ3n) is 8.52. The minimum absolute atomic E-state index is 0.175. The van der Waals surface area contributed by atoms with E-state index >= 15 is 0 Å². The van der Waals surface area contributed by atoms with Gasteiger partial charge in [0.25, 0.3) is 0 Å². The first-order valence-electron chi connectivity index (χ1n) is 10.0. The molecule has 1 N–H and O–H groups in total. The molecule has 2 heteroatoms. The molecule has 0 aromatic heterocycles. The molecule has 0 amide bonds. The highest BCUT2D eigenvalue weighted by atomic mass is 16.3. The van der Waals surface area contributed by atoms with Crippen molar-refractivity contribution in [1.82, 2.24) is 0 Å². The van der Waals surface area contributed by atoms with Gasteiger partial charge >= 0.3 is 0 Å². The summed E-state index contributed by atoms with van der Waals surface area (Å²) in [6.07, 6.45) is 13.0. The fourth-order valence-electron chi connectivity index (χ4n) is 7.40. The van der Waals surface area contributed by atoms with Gasteiger partial charge in [-0.1, -0.05) is 19.4 Å². The molecule has 3 fully saturated rings. The van der Waals surface area contributed by atoms with Crippen LogP contribution in [0.15, 0.2) is 11.6 Å². The fourth-order valence-corrected chi connectivity index (χ4v) is 7.40. The number of carbonyl (C=O) groups is 1. The van der Waals surface area contributed by atoms with Crippen molar-refractivity contribution < 1.29 is 9.90 Å². The van der Waals surface area contributed by atoms with Crippen LogP contribution in [0.4, 0.5) is 0 Å². The van der Waals surface area contributed by atoms with E-state index in [0.717, 1.165) is 56.3 Å². The molecule has 4 aliphatic carbocycles. The van der Waals surface area contributed by atoms with Gasteiger partial charge in [0.15, 0.2) is 5.78 Å². The lowest BCUT2D eigenvalue weighted by Gasteiger charge is -2.57. The van der Waals surface area contributed by atoms with Crippen LogP contribution in [-0.4, -0.2) is 16.5 Å². The number of aliphatic hydroxyl groups is 1. The molecule has 0 bridgehead atoms. The van der Waals surface area contributed by atoms with Gasteiger partial charge in [0.2, 0.25) is 0 Å². The quantitative estimate of drug-likeness (QED) is 0.804. The van der Waals surface area contributed by atoms with Gasteiger partial charge in [0.1, 0.15) is 0 Å². The van der Waals surface area contributed by atoms with Gasteiger partial charge in [-0.05, 0) is 87.5 Å². The Bertz CT molecular complexity index is 536. The summed E-state index contributed by atoms with van der Waals surface area (Å²) in [5, 5.41) is 11.3. The second-order valence-corrected chi connectivity index (χ2v) is 8.78. The predicted molar refractivity (Wildman–Crippen MR) is 92.0 cm³/mol. The van der Waals surface area contributed by atoms with Crippen LogP contribution in [-0.2, 0) is 4.79 Å². The first-order valence-corrected chi connectivity index (χ1v) is 10.0. The van der Waals surface area contributed by atoms with Gasteiger partial charge < -0.3 is 5.11 Å². The summed E-state index contributed by atoms with van der Waals surface area (Å²) < 4.78 is 0. The van der Waals surface area contributed by atoms with Crippen molar-refractivity contribution in [1.29, 1.82) is 0 Å². The number of hydrogen-bond acceptors (Lipinski definition) is 2. The van der Waals surface area contributed by atoms with Gasteiger partial charge in [-0.15, -0.1) is 0 Å². The van der Waals surface area contributed by atoms with Crippen molar-refractivity contribution >= 4 is 5.78 Å². The minimum atomic E-state index is -0.421. The average Bonchev–Trinajstić information content (AvgIpc) is 2.88. The Hall–Kier alpha value is -0.630. The number of carbonyl (C=O) groups excluding carboxylic acids is 1. The summed E-state index contributed by atoms with van der Waals surface area (Å²) in [5.74, 6) is 3.33. The van der Waals surface area contributed by atoms with Crippen LogP contribution in [0.3, 0.4) is 0 Å². The summed E-state index contributed by atoms with van der Waals surface area (Å²) in [5.41, 5.74) is 1.22. The largest absolute Gasteiger partial charge is 0.389 e. The lowest BCUT2D eigenvalue weighted by molar-refractivity contribution is -0.132. The maximum Gasteiger partial charge on any atom is 0.155 e. The topological polar surface area (TPSA) is 37.3 Å². The molecule has 0 heterocycles. The minimum Gasteiger partial charge on any atom is -0.389 e. The molecule has 0 aromatic rings. The Morgan fingerprint density at radius 1 is 1.04 bits per heavy atom. The molecule has 0 spiro atoms. The average molecular weight is 316 g/mol. The highest BCUT2D eigenvalue weighted by Crippen LogP contribution is 2.66. The highest BCUT2D eigenvalue weighted by molar-refractivity contribution is 5.91. The summed E-state index contributed by atoms with van der Waals surface area (Å²) in [7, 11) is 0. The van der Waals surface area contributed by atoms with Crippen LogP contribution in [0.1, 0.15) is 78.1 Å². The Balaban J connectivity index is 1.65. The summed E-state index contributed by atoms with van der Waals surface area (Å²) in [6, 6.07) is 0. The molecule has 0 radical (unpaired) electrons.